The molecule has 2 aromatic heterocycles. The van der Waals surface area contributed by atoms with Crippen LogP contribution in [0.15, 0.2) is 72.0 Å². The molecule has 2 heterocycles. The SMILES string of the molecule is C=CCOc1ccc(/C=C/C(=O)N(Cc2cccs2)Cc2cccs2)cc1OC. The maximum atomic E-state index is 12.9. The van der Waals surface area contributed by atoms with Gasteiger partial charge in [-0.15, -0.1) is 22.7 Å². The van der Waals surface area contributed by atoms with Crippen molar-refractivity contribution in [2.24, 2.45) is 0 Å². The molecule has 150 valence electrons. The summed E-state index contributed by atoms with van der Waals surface area (Å²) in [5, 5.41) is 4.06. The van der Waals surface area contributed by atoms with Crippen molar-refractivity contribution in [3.8, 4) is 11.5 Å². The number of ether oxygens (including phenoxy) is 2. The molecule has 3 aromatic rings. The van der Waals surface area contributed by atoms with E-state index in [-0.39, 0.29) is 5.91 Å². The van der Waals surface area contributed by atoms with Crippen LogP contribution in [0.1, 0.15) is 15.3 Å². The summed E-state index contributed by atoms with van der Waals surface area (Å²) < 4.78 is 11.0. The van der Waals surface area contributed by atoms with Crippen LogP contribution < -0.4 is 9.47 Å². The molecule has 0 aliphatic rings. The van der Waals surface area contributed by atoms with Crippen LogP contribution in [0.25, 0.3) is 6.08 Å². The van der Waals surface area contributed by atoms with Crippen LogP contribution >= 0.6 is 22.7 Å². The highest BCUT2D eigenvalue weighted by atomic mass is 32.1. The zero-order valence-corrected chi connectivity index (χ0v) is 17.9. The average Bonchev–Trinajstić information content (AvgIpc) is 3.44. The van der Waals surface area contributed by atoms with E-state index < -0.39 is 0 Å². The molecule has 0 aliphatic heterocycles. The molecule has 1 amide bonds. The first-order chi connectivity index (χ1) is 14.2. The molecule has 0 radical (unpaired) electrons. The molecule has 0 aliphatic carbocycles. The minimum Gasteiger partial charge on any atom is -0.493 e. The summed E-state index contributed by atoms with van der Waals surface area (Å²) in [7, 11) is 1.60. The van der Waals surface area contributed by atoms with Gasteiger partial charge in [0.25, 0.3) is 0 Å². The van der Waals surface area contributed by atoms with E-state index in [9.17, 15) is 4.79 Å². The lowest BCUT2D eigenvalue weighted by Crippen LogP contribution is -2.27. The zero-order chi connectivity index (χ0) is 20.5. The summed E-state index contributed by atoms with van der Waals surface area (Å²) in [6.07, 6.45) is 5.10. The van der Waals surface area contributed by atoms with Crippen molar-refractivity contribution in [1.82, 2.24) is 4.90 Å². The molecule has 0 spiro atoms. The molecule has 0 atom stereocenters. The maximum Gasteiger partial charge on any atom is 0.247 e. The first-order valence-electron chi connectivity index (χ1n) is 9.13. The predicted octanol–water partition coefficient (Wildman–Crippen LogP) is 5.63. The highest BCUT2D eigenvalue weighted by Crippen LogP contribution is 2.28. The molecule has 4 nitrogen and oxygen atoms in total. The average molecular weight is 426 g/mol. The first-order valence-corrected chi connectivity index (χ1v) is 10.9. The van der Waals surface area contributed by atoms with Gasteiger partial charge in [0.1, 0.15) is 6.61 Å². The molecule has 0 fully saturated rings. The number of thiophene rings is 2. The quantitative estimate of drug-likeness (QED) is 0.312. The maximum absolute atomic E-state index is 12.9. The van der Waals surface area contributed by atoms with E-state index in [1.165, 1.54) is 0 Å². The topological polar surface area (TPSA) is 38.8 Å². The van der Waals surface area contributed by atoms with Crippen molar-refractivity contribution < 1.29 is 14.3 Å². The van der Waals surface area contributed by atoms with Gasteiger partial charge in [0, 0.05) is 15.8 Å². The lowest BCUT2D eigenvalue weighted by Gasteiger charge is -2.20. The highest BCUT2D eigenvalue weighted by Gasteiger charge is 2.13. The predicted molar refractivity (Wildman–Crippen MR) is 121 cm³/mol. The Labute approximate surface area is 179 Å². The molecular formula is C23H23NO3S2. The number of carbonyl (C=O) groups is 1. The van der Waals surface area contributed by atoms with E-state index in [2.05, 4.69) is 18.7 Å². The largest absolute Gasteiger partial charge is 0.493 e. The van der Waals surface area contributed by atoms with Gasteiger partial charge in [0.2, 0.25) is 5.91 Å². The van der Waals surface area contributed by atoms with Gasteiger partial charge in [-0.3, -0.25) is 4.79 Å². The van der Waals surface area contributed by atoms with Crippen LogP contribution in [0.2, 0.25) is 0 Å². The van der Waals surface area contributed by atoms with E-state index in [4.69, 9.17) is 9.47 Å². The van der Waals surface area contributed by atoms with Gasteiger partial charge in [0.05, 0.1) is 20.2 Å². The van der Waals surface area contributed by atoms with Crippen molar-refractivity contribution in [2.75, 3.05) is 13.7 Å². The van der Waals surface area contributed by atoms with Crippen LogP contribution in [0.3, 0.4) is 0 Å². The second kappa shape index (κ2) is 10.6. The van der Waals surface area contributed by atoms with Crippen LogP contribution in [-0.4, -0.2) is 24.5 Å². The van der Waals surface area contributed by atoms with Gasteiger partial charge in [-0.1, -0.05) is 30.9 Å². The minimum atomic E-state index is -0.0299. The molecular weight excluding hydrogens is 402 g/mol. The molecule has 0 unspecified atom stereocenters. The Morgan fingerprint density at radius 2 is 1.76 bits per heavy atom. The third kappa shape index (κ3) is 6.07. The van der Waals surface area contributed by atoms with Crippen molar-refractivity contribution in [2.45, 2.75) is 13.1 Å². The fraction of sp³-hybridized carbons (Fsp3) is 0.174. The lowest BCUT2D eigenvalue weighted by atomic mass is 10.2. The monoisotopic (exact) mass is 425 g/mol. The van der Waals surface area contributed by atoms with Crippen LogP contribution in [0.4, 0.5) is 0 Å². The Hall–Kier alpha value is -2.83. The number of rotatable bonds is 10. The van der Waals surface area contributed by atoms with Gasteiger partial charge < -0.3 is 14.4 Å². The molecule has 0 bridgehead atoms. The van der Waals surface area contributed by atoms with E-state index in [0.717, 1.165) is 15.3 Å². The molecule has 0 saturated heterocycles. The summed E-state index contributed by atoms with van der Waals surface area (Å²) in [6.45, 7) is 5.24. The number of nitrogens with zero attached hydrogens (tertiary/aromatic N) is 1. The Balaban J connectivity index is 1.73. The van der Waals surface area contributed by atoms with E-state index in [1.54, 1.807) is 48.0 Å². The third-order valence-corrected chi connectivity index (χ3v) is 5.85. The number of carbonyl (C=O) groups excluding carboxylic acids is 1. The van der Waals surface area contributed by atoms with E-state index in [0.29, 0.717) is 31.2 Å². The van der Waals surface area contributed by atoms with Crippen molar-refractivity contribution in [3.63, 3.8) is 0 Å². The van der Waals surface area contributed by atoms with E-state index in [1.807, 2.05) is 46.0 Å². The molecule has 0 saturated carbocycles. The lowest BCUT2D eigenvalue weighted by molar-refractivity contribution is -0.127. The molecule has 0 N–H and O–H groups in total. The molecule has 1 aromatic carbocycles. The number of hydrogen-bond donors (Lipinski definition) is 0. The van der Waals surface area contributed by atoms with Crippen molar-refractivity contribution in [1.29, 1.82) is 0 Å². The van der Waals surface area contributed by atoms with Crippen LogP contribution in [0, 0.1) is 0 Å². The van der Waals surface area contributed by atoms with E-state index >= 15 is 0 Å². The zero-order valence-electron chi connectivity index (χ0n) is 16.2. The van der Waals surface area contributed by atoms with Gasteiger partial charge in [-0.25, -0.2) is 0 Å². The fourth-order valence-electron chi connectivity index (χ4n) is 2.72. The van der Waals surface area contributed by atoms with Gasteiger partial charge in [-0.05, 0) is 46.7 Å². The number of benzene rings is 1. The Kier molecular flexibility index (Phi) is 7.67. The van der Waals surface area contributed by atoms with Crippen LogP contribution in [-0.2, 0) is 17.9 Å². The molecule has 3 rings (SSSR count). The van der Waals surface area contributed by atoms with Crippen molar-refractivity contribution in [3.05, 3.63) is 87.3 Å². The summed E-state index contributed by atoms with van der Waals surface area (Å²) in [5.74, 6) is 1.24. The van der Waals surface area contributed by atoms with Gasteiger partial charge in [0.15, 0.2) is 11.5 Å². The number of methoxy groups -OCH3 is 1. The second-order valence-electron chi connectivity index (χ2n) is 6.20. The second-order valence-corrected chi connectivity index (χ2v) is 8.26. The molecule has 6 heteroatoms. The Morgan fingerprint density at radius 1 is 1.07 bits per heavy atom. The Bertz CT molecular complexity index is 910. The van der Waals surface area contributed by atoms with Crippen LogP contribution in [0.5, 0.6) is 11.5 Å². The number of hydrogen-bond acceptors (Lipinski definition) is 5. The standard InChI is InChI=1S/C23H23NO3S2/c1-3-12-27-21-10-8-18(15-22(21)26-2)9-11-23(25)24(16-19-6-4-13-28-19)17-20-7-5-14-29-20/h3-11,13-15H,1,12,16-17H2,2H3/b11-9+. The minimum absolute atomic E-state index is 0.0299. The smallest absolute Gasteiger partial charge is 0.247 e. The Morgan fingerprint density at radius 3 is 2.31 bits per heavy atom. The highest BCUT2D eigenvalue weighted by molar-refractivity contribution is 7.10. The number of amides is 1. The van der Waals surface area contributed by atoms with Gasteiger partial charge >= 0.3 is 0 Å². The fourth-order valence-corrected chi connectivity index (χ4v) is 4.16. The van der Waals surface area contributed by atoms with Crippen molar-refractivity contribution >= 4 is 34.7 Å². The summed E-state index contributed by atoms with van der Waals surface area (Å²) in [4.78, 5) is 17.1. The summed E-state index contributed by atoms with van der Waals surface area (Å²) in [5.41, 5.74) is 0.869. The summed E-state index contributed by atoms with van der Waals surface area (Å²) >= 11 is 3.31. The third-order valence-electron chi connectivity index (χ3n) is 4.13. The van der Waals surface area contributed by atoms with Gasteiger partial charge in [-0.2, -0.15) is 0 Å². The first kappa shape index (κ1) is 20.9. The molecule has 29 heavy (non-hydrogen) atoms. The summed E-state index contributed by atoms with van der Waals surface area (Å²) in [6, 6.07) is 13.7. The normalized spacial score (nSPS) is 10.8.